The lowest BCUT2D eigenvalue weighted by Crippen LogP contribution is -2.55. The van der Waals surface area contributed by atoms with Gasteiger partial charge in [0.25, 0.3) is 0 Å². The van der Waals surface area contributed by atoms with Gasteiger partial charge in [0.05, 0.1) is 0 Å². The van der Waals surface area contributed by atoms with Gasteiger partial charge < -0.3 is 19.6 Å². The van der Waals surface area contributed by atoms with E-state index in [0.717, 1.165) is 51.9 Å². The number of aliphatic hydroxyl groups is 1. The lowest BCUT2D eigenvalue weighted by atomic mass is 9.64. The Morgan fingerprint density at radius 2 is 1.88 bits per heavy atom. The molecule has 0 bridgehead atoms. The third-order valence-corrected chi connectivity index (χ3v) is 6.44. The molecular formula is C21H32N2O3. The van der Waals surface area contributed by atoms with E-state index in [1.807, 2.05) is 4.90 Å². The summed E-state index contributed by atoms with van der Waals surface area (Å²) >= 11 is 0. The molecule has 5 nitrogen and oxygen atoms in total. The van der Waals surface area contributed by atoms with E-state index in [4.69, 9.17) is 4.74 Å². The van der Waals surface area contributed by atoms with Gasteiger partial charge in [0.1, 0.15) is 6.61 Å². The van der Waals surface area contributed by atoms with Gasteiger partial charge in [-0.15, -0.1) is 0 Å². The molecule has 0 radical (unpaired) electrons. The van der Waals surface area contributed by atoms with Crippen molar-refractivity contribution >= 4 is 5.91 Å². The second-order valence-electron chi connectivity index (χ2n) is 7.84. The van der Waals surface area contributed by atoms with E-state index in [-0.39, 0.29) is 30.5 Å². The Kier molecular flexibility index (Phi) is 6.68. The van der Waals surface area contributed by atoms with Crippen molar-refractivity contribution in [1.29, 1.82) is 0 Å². The fourth-order valence-corrected chi connectivity index (χ4v) is 4.62. The maximum atomic E-state index is 12.1. The first-order chi connectivity index (χ1) is 12.7. The molecule has 1 N–H and O–H groups in total. The van der Waals surface area contributed by atoms with Crippen LogP contribution < -0.4 is 0 Å². The molecule has 144 valence electrons. The van der Waals surface area contributed by atoms with Gasteiger partial charge in [-0.1, -0.05) is 30.3 Å². The maximum absolute atomic E-state index is 12.1. The molecule has 1 spiro atoms. The number of hydrogen-bond donors (Lipinski definition) is 1. The number of carbonyl (C=O) groups excluding carboxylic acids is 1. The Balaban J connectivity index is 1.51. The standard InChI is InChI=1S/C21H32N2O3/c1-26-17-20(25)23-14-10-21(19(15-23)16-24)8-12-22(13-9-21)11-7-18-5-3-2-4-6-18/h2-6,19,24H,7-17H2,1H3/t19-/m0/s1. The number of amides is 1. The fourth-order valence-electron chi connectivity index (χ4n) is 4.62. The summed E-state index contributed by atoms with van der Waals surface area (Å²) in [6, 6.07) is 10.7. The number of carbonyl (C=O) groups is 1. The Morgan fingerprint density at radius 3 is 2.54 bits per heavy atom. The van der Waals surface area contributed by atoms with Crippen molar-refractivity contribution in [2.75, 3.05) is 53.0 Å². The minimum absolute atomic E-state index is 0.0427. The summed E-state index contributed by atoms with van der Waals surface area (Å²) in [6.45, 7) is 5.05. The molecule has 5 heteroatoms. The largest absolute Gasteiger partial charge is 0.396 e. The zero-order valence-corrected chi connectivity index (χ0v) is 15.9. The number of rotatable bonds is 6. The molecule has 0 saturated carbocycles. The highest BCUT2D eigenvalue weighted by molar-refractivity contribution is 5.77. The monoisotopic (exact) mass is 360 g/mol. The fraction of sp³-hybridized carbons (Fsp3) is 0.667. The molecule has 0 unspecified atom stereocenters. The molecule has 1 aromatic carbocycles. The number of ether oxygens (including phenoxy) is 1. The summed E-state index contributed by atoms with van der Waals surface area (Å²) in [7, 11) is 1.55. The number of hydrogen-bond acceptors (Lipinski definition) is 4. The Labute approximate surface area is 156 Å². The molecule has 1 atom stereocenters. The van der Waals surface area contributed by atoms with Crippen LogP contribution in [0.5, 0.6) is 0 Å². The van der Waals surface area contributed by atoms with Crippen LogP contribution in [0, 0.1) is 11.3 Å². The summed E-state index contributed by atoms with van der Waals surface area (Å²) in [6.07, 6.45) is 4.34. The predicted octanol–water partition coefficient (Wildman–Crippen LogP) is 1.80. The second kappa shape index (κ2) is 8.98. The number of aliphatic hydroxyl groups excluding tert-OH is 1. The third kappa shape index (κ3) is 4.45. The average molecular weight is 360 g/mol. The normalized spacial score (nSPS) is 23.3. The first-order valence-electron chi connectivity index (χ1n) is 9.81. The van der Waals surface area contributed by atoms with Crippen LogP contribution in [0.15, 0.2) is 30.3 Å². The quantitative estimate of drug-likeness (QED) is 0.841. The number of benzene rings is 1. The van der Waals surface area contributed by atoms with Crippen molar-refractivity contribution in [3.63, 3.8) is 0 Å². The molecular weight excluding hydrogens is 328 g/mol. The van der Waals surface area contributed by atoms with Gasteiger partial charge >= 0.3 is 0 Å². The van der Waals surface area contributed by atoms with E-state index < -0.39 is 0 Å². The minimum atomic E-state index is 0.0427. The van der Waals surface area contributed by atoms with Crippen LogP contribution in [-0.4, -0.2) is 73.9 Å². The van der Waals surface area contributed by atoms with Crippen LogP contribution in [0.4, 0.5) is 0 Å². The molecule has 2 aliphatic heterocycles. The van der Waals surface area contributed by atoms with Gasteiger partial charge in [0, 0.05) is 39.3 Å². The zero-order valence-electron chi connectivity index (χ0n) is 15.9. The molecule has 1 amide bonds. The minimum Gasteiger partial charge on any atom is -0.396 e. The Morgan fingerprint density at radius 1 is 1.19 bits per heavy atom. The number of likely N-dealkylation sites (tertiary alicyclic amines) is 2. The molecule has 1 aromatic rings. The van der Waals surface area contributed by atoms with Crippen molar-refractivity contribution in [2.24, 2.45) is 11.3 Å². The van der Waals surface area contributed by atoms with E-state index in [1.165, 1.54) is 5.56 Å². The van der Waals surface area contributed by atoms with Gasteiger partial charge in [-0.2, -0.15) is 0 Å². The molecule has 26 heavy (non-hydrogen) atoms. The maximum Gasteiger partial charge on any atom is 0.248 e. The van der Waals surface area contributed by atoms with Crippen LogP contribution >= 0.6 is 0 Å². The highest BCUT2D eigenvalue weighted by Gasteiger charge is 2.45. The van der Waals surface area contributed by atoms with Gasteiger partial charge in [-0.25, -0.2) is 0 Å². The van der Waals surface area contributed by atoms with Crippen molar-refractivity contribution in [2.45, 2.75) is 25.7 Å². The lowest BCUT2D eigenvalue weighted by Gasteiger charge is -2.51. The number of nitrogens with zero attached hydrogens (tertiary/aromatic N) is 2. The first kappa shape index (κ1) is 19.3. The SMILES string of the molecule is COCC(=O)N1CCC2(CCN(CCc3ccccc3)CC2)[C@H](CO)C1. The van der Waals surface area contributed by atoms with Crippen molar-refractivity contribution in [1.82, 2.24) is 9.80 Å². The Hall–Kier alpha value is -1.43. The van der Waals surface area contributed by atoms with Crippen LogP contribution in [0.1, 0.15) is 24.8 Å². The summed E-state index contributed by atoms with van der Waals surface area (Å²) in [5.41, 5.74) is 1.59. The van der Waals surface area contributed by atoms with Crippen molar-refractivity contribution < 1.29 is 14.6 Å². The molecule has 3 rings (SSSR count). The average Bonchev–Trinajstić information content (AvgIpc) is 2.69. The lowest BCUT2D eigenvalue weighted by molar-refractivity contribution is -0.141. The molecule has 2 heterocycles. The predicted molar refractivity (Wildman–Crippen MR) is 102 cm³/mol. The molecule has 0 aliphatic carbocycles. The highest BCUT2D eigenvalue weighted by Crippen LogP contribution is 2.45. The third-order valence-electron chi connectivity index (χ3n) is 6.44. The smallest absolute Gasteiger partial charge is 0.248 e. The Bertz CT molecular complexity index is 570. The number of piperidine rings is 2. The van der Waals surface area contributed by atoms with Crippen molar-refractivity contribution in [3.05, 3.63) is 35.9 Å². The van der Waals surface area contributed by atoms with E-state index in [9.17, 15) is 9.90 Å². The summed E-state index contributed by atoms with van der Waals surface area (Å²) in [5, 5.41) is 9.97. The van der Waals surface area contributed by atoms with Crippen LogP contribution in [-0.2, 0) is 16.0 Å². The number of methoxy groups -OCH3 is 1. The van der Waals surface area contributed by atoms with Gasteiger partial charge in [-0.05, 0) is 49.8 Å². The van der Waals surface area contributed by atoms with Crippen LogP contribution in [0.3, 0.4) is 0 Å². The van der Waals surface area contributed by atoms with E-state index >= 15 is 0 Å². The zero-order chi connectivity index (χ0) is 18.4. The van der Waals surface area contributed by atoms with Gasteiger partial charge in [0.15, 0.2) is 0 Å². The van der Waals surface area contributed by atoms with Gasteiger partial charge in [-0.3, -0.25) is 4.79 Å². The van der Waals surface area contributed by atoms with Crippen LogP contribution in [0.25, 0.3) is 0 Å². The van der Waals surface area contributed by atoms with E-state index in [1.54, 1.807) is 7.11 Å². The van der Waals surface area contributed by atoms with E-state index in [2.05, 4.69) is 35.2 Å². The highest BCUT2D eigenvalue weighted by atomic mass is 16.5. The van der Waals surface area contributed by atoms with Crippen molar-refractivity contribution in [3.8, 4) is 0 Å². The molecule has 0 aromatic heterocycles. The summed E-state index contributed by atoms with van der Waals surface area (Å²) in [5.74, 6) is 0.231. The van der Waals surface area contributed by atoms with Gasteiger partial charge in [0.2, 0.25) is 5.91 Å². The first-order valence-corrected chi connectivity index (χ1v) is 9.81. The topological polar surface area (TPSA) is 53.0 Å². The van der Waals surface area contributed by atoms with Crippen LogP contribution in [0.2, 0.25) is 0 Å². The second-order valence-corrected chi connectivity index (χ2v) is 7.84. The summed E-state index contributed by atoms with van der Waals surface area (Å²) in [4.78, 5) is 16.5. The van der Waals surface area contributed by atoms with E-state index in [0.29, 0.717) is 6.54 Å². The molecule has 2 fully saturated rings. The molecule has 2 saturated heterocycles. The molecule has 2 aliphatic rings. The summed E-state index contributed by atoms with van der Waals surface area (Å²) < 4.78 is 4.98.